The van der Waals surface area contributed by atoms with E-state index in [1.165, 1.54) is 0 Å². The quantitative estimate of drug-likeness (QED) is 0.687. The normalized spacial score (nSPS) is 18.6. The number of pyridine rings is 1. The second kappa shape index (κ2) is 9.16. The summed E-state index contributed by atoms with van der Waals surface area (Å²) in [6.07, 6.45) is 2.58. The number of amides is 2. The summed E-state index contributed by atoms with van der Waals surface area (Å²) in [6, 6.07) is 9.33. The number of rotatable bonds is 7. The van der Waals surface area contributed by atoms with Crippen LogP contribution in [-0.2, 0) is 9.53 Å². The van der Waals surface area contributed by atoms with Crippen LogP contribution in [0.15, 0.2) is 30.3 Å². The van der Waals surface area contributed by atoms with Gasteiger partial charge in [-0.25, -0.2) is 4.98 Å². The van der Waals surface area contributed by atoms with E-state index in [4.69, 9.17) is 21.2 Å². The van der Waals surface area contributed by atoms with Gasteiger partial charge in [0, 0.05) is 49.8 Å². The predicted molar refractivity (Wildman–Crippen MR) is 124 cm³/mol. The Bertz CT molecular complexity index is 1020. The van der Waals surface area contributed by atoms with Gasteiger partial charge in [0.25, 0.3) is 0 Å². The van der Waals surface area contributed by atoms with Crippen LogP contribution in [0.3, 0.4) is 0 Å². The number of hydrogen-bond donors (Lipinski definition) is 2. The molecule has 0 unspecified atom stereocenters. The maximum atomic E-state index is 12.5. The highest BCUT2D eigenvalue weighted by Gasteiger charge is 2.32. The van der Waals surface area contributed by atoms with Crippen LogP contribution in [0.5, 0.6) is 0 Å². The summed E-state index contributed by atoms with van der Waals surface area (Å²) in [6.45, 7) is 4.48. The summed E-state index contributed by atoms with van der Waals surface area (Å²) in [7, 11) is 1.61. The first-order valence-electron chi connectivity index (χ1n) is 11.1. The van der Waals surface area contributed by atoms with E-state index >= 15 is 0 Å². The van der Waals surface area contributed by atoms with E-state index in [1.54, 1.807) is 19.2 Å². The molecule has 8 heteroatoms. The highest BCUT2D eigenvalue weighted by molar-refractivity contribution is 5.94. The molecule has 2 aromatic rings. The summed E-state index contributed by atoms with van der Waals surface area (Å²) < 4.78 is 5.04. The second-order valence-electron chi connectivity index (χ2n) is 8.68. The minimum Gasteiger partial charge on any atom is -0.396 e. The lowest BCUT2D eigenvalue weighted by Crippen LogP contribution is -2.54. The number of nitrogens with two attached hydrogens (primary N) is 2. The molecule has 4 N–H and O–H groups in total. The molecule has 1 saturated heterocycles. The van der Waals surface area contributed by atoms with E-state index in [-0.39, 0.29) is 11.9 Å². The average Bonchev–Trinajstić information content (AvgIpc) is 3.62. The van der Waals surface area contributed by atoms with Gasteiger partial charge < -0.3 is 26.0 Å². The molecule has 0 spiro atoms. The molecular formula is C24H31N5O3. The van der Waals surface area contributed by atoms with Gasteiger partial charge >= 0.3 is 0 Å². The Morgan fingerprint density at radius 3 is 2.66 bits per heavy atom. The number of benzene rings is 1. The molecule has 2 aliphatic rings. The number of carbonyl (C=O) groups is 2. The number of piperazine rings is 1. The predicted octanol–water partition coefficient (Wildman–Crippen LogP) is 2.38. The van der Waals surface area contributed by atoms with Crippen molar-refractivity contribution in [2.24, 2.45) is 5.73 Å². The van der Waals surface area contributed by atoms with E-state index < -0.39 is 5.91 Å². The molecule has 1 saturated carbocycles. The van der Waals surface area contributed by atoms with Gasteiger partial charge in [-0.15, -0.1) is 0 Å². The van der Waals surface area contributed by atoms with Crippen LogP contribution in [0, 0.1) is 0 Å². The summed E-state index contributed by atoms with van der Waals surface area (Å²) in [4.78, 5) is 33.2. The van der Waals surface area contributed by atoms with Crippen molar-refractivity contribution in [1.29, 1.82) is 0 Å². The lowest BCUT2D eigenvalue weighted by molar-refractivity contribution is -0.134. The zero-order chi connectivity index (χ0) is 22.8. The number of ether oxygens (including phenoxy) is 1. The zero-order valence-electron chi connectivity index (χ0n) is 18.7. The third-order valence-corrected chi connectivity index (χ3v) is 6.25. The summed E-state index contributed by atoms with van der Waals surface area (Å²) >= 11 is 0. The molecule has 170 valence electrons. The van der Waals surface area contributed by atoms with Crippen LogP contribution in [0.1, 0.15) is 48.2 Å². The first-order chi connectivity index (χ1) is 15.4. The topological polar surface area (TPSA) is 115 Å². The van der Waals surface area contributed by atoms with Crippen molar-refractivity contribution in [2.45, 2.75) is 38.1 Å². The van der Waals surface area contributed by atoms with Crippen LogP contribution in [0.4, 0.5) is 11.5 Å². The van der Waals surface area contributed by atoms with Crippen LogP contribution in [0.2, 0.25) is 0 Å². The molecular weight excluding hydrogens is 406 g/mol. The Balaban J connectivity index is 1.60. The van der Waals surface area contributed by atoms with E-state index in [2.05, 4.69) is 11.8 Å². The van der Waals surface area contributed by atoms with Crippen molar-refractivity contribution in [1.82, 2.24) is 9.88 Å². The molecule has 4 rings (SSSR count). The molecule has 0 radical (unpaired) electrons. The second-order valence-corrected chi connectivity index (χ2v) is 8.68. The molecule has 8 nitrogen and oxygen atoms in total. The molecule has 1 aliphatic heterocycles. The Morgan fingerprint density at radius 1 is 1.22 bits per heavy atom. The first kappa shape index (κ1) is 22.1. The maximum absolute atomic E-state index is 12.5. The van der Waals surface area contributed by atoms with E-state index in [1.807, 2.05) is 23.1 Å². The lowest BCUT2D eigenvalue weighted by Gasteiger charge is -2.41. The van der Waals surface area contributed by atoms with Gasteiger partial charge in [-0.2, -0.15) is 0 Å². The van der Waals surface area contributed by atoms with Gasteiger partial charge in [0.15, 0.2) is 5.82 Å². The van der Waals surface area contributed by atoms with Gasteiger partial charge in [0.05, 0.1) is 24.4 Å². The largest absolute Gasteiger partial charge is 0.396 e. The Hall–Kier alpha value is -3.13. The smallest absolute Gasteiger partial charge is 0.248 e. The number of nitrogen functional groups attached to an aromatic ring is 1. The molecule has 2 fully saturated rings. The third kappa shape index (κ3) is 4.55. The lowest BCUT2D eigenvalue weighted by atomic mass is 9.98. The number of carbonyl (C=O) groups excluding carboxylic acids is 2. The number of primary amides is 1. The number of aromatic nitrogens is 1. The van der Waals surface area contributed by atoms with Gasteiger partial charge in [0.2, 0.25) is 11.8 Å². The molecule has 1 atom stereocenters. The molecule has 0 bridgehead atoms. The maximum Gasteiger partial charge on any atom is 0.248 e. The Labute approximate surface area is 188 Å². The first-order valence-corrected chi connectivity index (χ1v) is 11.1. The SMILES string of the molecule is COCCC(=O)N1CCN(c2nc(C3CC3)c(-c3cccc(C(N)=O)c3)cc2N)C[C@H]1C. The molecule has 1 aliphatic carbocycles. The highest BCUT2D eigenvalue weighted by atomic mass is 16.5. The molecule has 1 aromatic carbocycles. The van der Waals surface area contributed by atoms with E-state index in [0.29, 0.717) is 49.8 Å². The number of methoxy groups -OCH3 is 1. The third-order valence-electron chi connectivity index (χ3n) is 6.25. The van der Waals surface area contributed by atoms with E-state index in [9.17, 15) is 9.59 Å². The van der Waals surface area contributed by atoms with Crippen molar-refractivity contribution >= 4 is 23.3 Å². The fraction of sp³-hybridized carbons (Fsp3) is 0.458. The Morgan fingerprint density at radius 2 is 2.00 bits per heavy atom. The zero-order valence-corrected chi connectivity index (χ0v) is 18.7. The van der Waals surface area contributed by atoms with Crippen LogP contribution in [0.25, 0.3) is 11.1 Å². The number of anilines is 2. The molecule has 32 heavy (non-hydrogen) atoms. The van der Waals surface area contributed by atoms with Gasteiger partial charge in [0.1, 0.15) is 0 Å². The minimum absolute atomic E-state index is 0.0607. The van der Waals surface area contributed by atoms with Gasteiger partial charge in [-0.1, -0.05) is 12.1 Å². The van der Waals surface area contributed by atoms with Crippen molar-refractivity contribution in [3.63, 3.8) is 0 Å². The van der Waals surface area contributed by atoms with Crippen molar-refractivity contribution in [2.75, 3.05) is 44.0 Å². The highest BCUT2D eigenvalue weighted by Crippen LogP contribution is 2.45. The van der Waals surface area contributed by atoms with Crippen molar-refractivity contribution < 1.29 is 14.3 Å². The van der Waals surface area contributed by atoms with Crippen LogP contribution in [-0.4, -0.2) is 61.1 Å². The summed E-state index contributed by atoms with van der Waals surface area (Å²) in [5.74, 6) is 0.834. The van der Waals surface area contributed by atoms with Gasteiger partial charge in [-0.3, -0.25) is 9.59 Å². The van der Waals surface area contributed by atoms with Crippen molar-refractivity contribution in [3.8, 4) is 11.1 Å². The van der Waals surface area contributed by atoms with E-state index in [0.717, 1.165) is 35.5 Å². The average molecular weight is 438 g/mol. The molecule has 2 heterocycles. The standard InChI is InChI=1S/C24H31N5O3/c1-15-14-28(9-10-29(15)21(30)8-11-32-2)24-20(25)13-19(22(27-24)16-6-7-16)17-4-3-5-18(12-17)23(26)31/h3-5,12-13,15-16H,6-11,14,25H2,1-2H3,(H2,26,31)/t15-/m1/s1. The Kier molecular flexibility index (Phi) is 6.32. The van der Waals surface area contributed by atoms with Gasteiger partial charge in [-0.05, 0) is 43.5 Å². The fourth-order valence-corrected chi connectivity index (χ4v) is 4.38. The summed E-state index contributed by atoms with van der Waals surface area (Å²) in [5.41, 5.74) is 15.9. The van der Waals surface area contributed by atoms with Crippen LogP contribution < -0.4 is 16.4 Å². The number of nitrogens with zero attached hydrogens (tertiary/aromatic N) is 3. The number of hydrogen-bond acceptors (Lipinski definition) is 6. The molecule has 2 amide bonds. The van der Waals surface area contributed by atoms with Crippen molar-refractivity contribution in [3.05, 3.63) is 41.6 Å². The summed E-state index contributed by atoms with van der Waals surface area (Å²) in [5, 5.41) is 0. The fourth-order valence-electron chi connectivity index (χ4n) is 4.38. The monoisotopic (exact) mass is 437 g/mol. The van der Waals surface area contributed by atoms with Crippen LogP contribution >= 0.6 is 0 Å². The molecule has 1 aromatic heterocycles. The minimum atomic E-state index is -0.454.